The quantitative estimate of drug-likeness (QED) is 0.903. The van der Waals surface area contributed by atoms with Crippen molar-refractivity contribution in [2.75, 3.05) is 31.1 Å². The molecule has 6 heteroatoms. The fourth-order valence-electron chi connectivity index (χ4n) is 2.50. The van der Waals surface area contributed by atoms with E-state index in [9.17, 15) is 4.79 Å². The highest BCUT2D eigenvalue weighted by Gasteiger charge is 2.26. The van der Waals surface area contributed by atoms with Gasteiger partial charge >= 0.3 is 6.09 Å². The second kappa shape index (κ2) is 6.52. The average Bonchev–Trinajstić information content (AvgIpc) is 2.45. The number of hydrogen-bond acceptors (Lipinski definition) is 5. The van der Waals surface area contributed by atoms with Gasteiger partial charge in [0.1, 0.15) is 11.4 Å². The van der Waals surface area contributed by atoms with Gasteiger partial charge in [0, 0.05) is 38.9 Å². The van der Waals surface area contributed by atoms with Crippen LogP contribution >= 0.6 is 0 Å². The molecule has 2 N–H and O–H groups in total. The smallest absolute Gasteiger partial charge is 0.410 e. The Balaban J connectivity index is 1.96. The minimum atomic E-state index is -0.454. The van der Waals surface area contributed by atoms with Gasteiger partial charge in [0.15, 0.2) is 0 Å². The molecule has 1 fully saturated rings. The molecular formula is C16H26N4O2. The Morgan fingerprint density at radius 2 is 1.95 bits per heavy atom. The monoisotopic (exact) mass is 306 g/mol. The molecule has 0 spiro atoms. The van der Waals surface area contributed by atoms with E-state index in [0.717, 1.165) is 30.0 Å². The molecule has 2 heterocycles. The van der Waals surface area contributed by atoms with Crippen molar-refractivity contribution in [1.29, 1.82) is 0 Å². The van der Waals surface area contributed by atoms with Gasteiger partial charge in [0.05, 0.1) is 0 Å². The lowest BCUT2D eigenvalue weighted by atomic mass is 10.2. The van der Waals surface area contributed by atoms with Crippen molar-refractivity contribution in [3.8, 4) is 0 Å². The number of piperazine rings is 1. The van der Waals surface area contributed by atoms with Crippen molar-refractivity contribution < 1.29 is 9.53 Å². The Morgan fingerprint density at radius 3 is 2.45 bits per heavy atom. The fourth-order valence-corrected chi connectivity index (χ4v) is 2.50. The van der Waals surface area contributed by atoms with Gasteiger partial charge in [-0.05, 0) is 44.9 Å². The molecule has 0 saturated carbocycles. The third-order valence-electron chi connectivity index (χ3n) is 3.57. The molecule has 2 rings (SSSR count). The molecule has 1 saturated heterocycles. The van der Waals surface area contributed by atoms with Crippen LogP contribution in [0.2, 0.25) is 0 Å². The average molecular weight is 306 g/mol. The molecule has 0 bridgehead atoms. The molecule has 1 amide bonds. The molecule has 0 atom stereocenters. The van der Waals surface area contributed by atoms with E-state index in [1.54, 1.807) is 4.90 Å². The van der Waals surface area contributed by atoms with Crippen molar-refractivity contribution in [2.24, 2.45) is 5.73 Å². The van der Waals surface area contributed by atoms with Crippen LogP contribution in [0.5, 0.6) is 0 Å². The largest absolute Gasteiger partial charge is 0.444 e. The molecule has 1 aromatic heterocycles. The highest BCUT2D eigenvalue weighted by atomic mass is 16.6. The first-order valence-electron chi connectivity index (χ1n) is 7.68. The van der Waals surface area contributed by atoms with Crippen LogP contribution in [0.4, 0.5) is 10.6 Å². The second-order valence-electron chi connectivity index (χ2n) is 6.64. The van der Waals surface area contributed by atoms with E-state index in [0.29, 0.717) is 19.6 Å². The number of nitrogens with zero attached hydrogens (tertiary/aromatic N) is 3. The molecule has 0 aromatic carbocycles. The summed E-state index contributed by atoms with van der Waals surface area (Å²) < 4.78 is 5.41. The summed E-state index contributed by atoms with van der Waals surface area (Å²) in [6.07, 6.45) is 1.58. The van der Waals surface area contributed by atoms with Crippen LogP contribution in [0.15, 0.2) is 12.3 Å². The van der Waals surface area contributed by atoms with Gasteiger partial charge in [-0.2, -0.15) is 0 Å². The van der Waals surface area contributed by atoms with Crippen molar-refractivity contribution in [3.05, 3.63) is 23.4 Å². The van der Waals surface area contributed by atoms with Crippen LogP contribution in [-0.2, 0) is 11.3 Å². The van der Waals surface area contributed by atoms with Crippen molar-refractivity contribution in [1.82, 2.24) is 9.88 Å². The van der Waals surface area contributed by atoms with Crippen molar-refractivity contribution in [2.45, 2.75) is 39.8 Å². The summed E-state index contributed by atoms with van der Waals surface area (Å²) in [5.74, 6) is 0.973. The molecule has 1 aliphatic rings. The van der Waals surface area contributed by atoms with Crippen LogP contribution in [0.25, 0.3) is 0 Å². The highest BCUT2D eigenvalue weighted by molar-refractivity contribution is 5.68. The van der Waals surface area contributed by atoms with Gasteiger partial charge in [0.25, 0.3) is 0 Å². The number of ether oxygens (including phenoxy) is 1. The number of carbonyl (C=O) groups excluding carboxylic acids is 1. The third-order valence-corrected chi connectivity index (χ3v) is 3.57. The summed E-state index contributed by atoms with van der Waals surface area (Å²) in [6.45, 7) is 11.0. The number of rotatable bonds is 2. The first-order chi connectivity index (χ1) is 10.3. The van der Waals surface area contributed by atoms with E-state index in [1.807, 2.05) is 33.9 Å². The summed E-state index contributed by atoms with van der Waals surface area (Å²) >= 11 is 0. The Labute approximate surface area is 132 Å². The number of nitrogens with two attached hydrogens (primary N) is 1. The lowest BCUT2D eigenvalue weighted by Crippen LogP contribution is -2.50. The van der Waals surface area contributed by atoms with Gasteiger partial charge < -0.3 is 20.3 Å². The second-order valence-corrected chi connectivity index (χ2v) is 6.64. The lowest BCUT2D eigenvalue weighted by molar-refractivity contribution is 0.0240. The molecular weight excluding hydrogens is 280 g/mol. The third kappa shape index (κ3) is 4.10. The maximum absolute atomic E-state index is 12.1. The zero-order valence-corrected chi connectivity index (χ0v) is 13.9. The van der Waals surface area contributed by atoms with Crippen LogP contribution < -0.4 is 10.6 Å². The maximum atomic E-state index is 12.1. The molecule has 0 aliphatic carbocycles. The van der Waals surface area contributed by atoms with Crippen LogP contribution in [0.1, 0.15) is 31.9 Å². The number of pyridine rings is 1. The summed E-state index contributed by atoms with van der Waals surface area (Å²) in [7, 11) is 0. The first kappa shape index (κ1) is 16.5. The predicted octanol–water partition coefficient (Wildman–Crippen LogP) is 1.91. The van der Waals surface area contributed by atoms with Gasteiger partial charge in [-0.1, -0.05) is 0 Å². The minimum Gasteiger partial charge on any atom is -0.444 e. The Bertz CT molecular complexity index is 531. The van der Waals surface area contributed by atoms with Crippen LogP contribution in [0.3, 0.4) is 0 Å². The minimum absolute atomic E-state index is 0.240. The molecule has 0 unspecified atom stereocenters. The molecule has 122 valence electrons. The first-order valence-corrected chi connectivity index (χ1v) is 7.68. The van der Waals surface area contributed by atoms with Crippen LogP contribution in [-0.4, -0.2) is 47.8 Å². The molecule has 1 aliphatic heterocycles. The Hall–Kier alpha value is -1.82. The zero-order chi connectivity index (χ0) is 16.3. The molecule has 0 radical (unpaired) electrons. The van der Waals surface area contributed by atoms with Gasteiger partial charge in [0.2, 0.25) is 0 Å². The number of amides is 1. The van der Waals surface area contributed by atoms with Gasteiger partial charge in [-0.3, -0.25) is 0 Å². The van der Waals surface area contributed by atoms with Crippen molar-refractivity contribution in [3.63, 3.8) is 0 Å². The van der Waals surface area contributed by atoms with Crippen molar-refractivity contribution >= 4 is 11.9 Å². The molecule has 1 aromatic rings. The normalized spacial score (nSPS) is 15.9. The van der Waals surface area contributed by atoms with E-state index in [4.69, 9.17) is 10.5 Å². The van der Waals surface area contributed by atoms with E-state index >= 15 is 0 Å². The van der Waals surface area contributed by atoms with Gasteiger partial charge in [-0.15, -0.1) is 0 Å². The topological polar surface area (TPSA) is 71.7 Å². The molecule has 6 nitrogen and oxygen atoms in total. The summed E-state index contributed by atoms with van der Waals surface area (Å²) in [6, 6.07) is 2.07. The van der Waals surface area contributed by atoms with E-state index in [-0.39, 0.29) is 6.09 Å². The van der Waals surface area contributed by atoms with E-state index in [2.05, 4.69) is 16.0 Å². The SMILES string of the molecule is Cc1cc(CN)cnc1N1CCN(C(=O)OC(C)(C)C)CC1. The highest BCUT2D eigenvalue weighted by Crippen LogP contribution is 2.20. The standard InChI is InChI=1S/C16H26N4O2/c1-12-9-13(10-17)11-18-14(12)19-5-7-20(8-6-19)15(21)22-16(2,3)4/h9,11H,5-8,10,17H2,1-4H3. The predicted molar refractivity (Wildman–Crippen MR) is 86.9 cm³/mol. The lowest BCUT2D eigenvalue weighted by Gasteiger charge is -2.36. The Kier molecular flexibility index (Phi) is 4.90. The number of aromatic nitrogens is 1. The number of hydrogen-bond donors (Lipinski definition) is 1. The number of anilines is 1. The maximum Gasteiger partial charge on any atom is 0.410 e. The van der Waals surface area contributed by atoms with E-state index < -0.39 is 5.60 Å². The fraction of sp³-hybridized carbons (Fsp3) is 0.625. The summed E-state index contributed by atoms with van der Waals surface area (Å²) in [5.41, 5.74) is 7.34. The van der Waals surface area contributed by atoms with Gasteiger partial charge in [-0.25, -0.2) is 9.78 Å². The molecule has 22 heavy (non-hydrogen) atoms. The summed E-state index contributed by atoms with van der Waals surface area (Å²) in [4.78, 5) is 20.5. The summed E-state index contributed by atoms with van der Waals surface area (Å²) in [5, 5.41) is 0. The van der Waals surface area contributed by atoms with Crippen LogP contribution in [0, 0.1) is 6.92 Å². The number of aryl methyl sites for hydroxylation is 1. The number of carbonyl (C=O) groups is 1. The van der Waals surface area contributed by atoms with E-state index in [1.165, 1.54) is 0 Å². The zero-order valence-electron chi connectivity index (χ0n) is 13.9. The Morgan fingerprint density at radius 1 is 1.32 bits per heavy atom.